The SMILES string of the molecule is CCOCC(O)CN(Cc1c(C)nn(-c2cccc(Cl)c2)c1Oc1ccc(OC)cc1)CC1CC1. The Kier molecular flexibility index (Phi) is 8.68. The first-order chi connectivity index (χ1) is 17.0. The van der Waals surface area contributed by atoms with Crippen LogP contribution in [0.4, 0.5) is 0 Å². The van der Waals surface area contributed by atoms with Gasteiger partial charge in [-0.1, -0.05) is 17.7 Å². The highest BCUT2D eigenvalue weighted by atomic mass is 35.5. The Balaban J connectivity index is 1.66. The molecule has 4 rings (SSSR count). The van der Waals surface area contributed by atoms with Gasteiger partial charge in [-0.3, -0.25) is 4.90 Å². The quantitative estimate of drug-likeness (QED) is 0.346. The number of rotatable bonds is 13. The van der Waals surface area contributed by atoms with Gasteiger partial charge >= 0.3 is 0 Å². The number of aromatic nitrogens is 2. The highest BCUT2D eigenvalue weighted by Gasteiger charge is 2.28. The molecule has 0 saturated heterocycles. The molecular weight excluding hydrogens is 466 g/mol. The van der Waals surface area contributed by atoms with E-state index in [1.807, 2.05) is 62.4 Å². The molecule has 1 aliphatic carbocycles. The van der Waals surface area contributed by atoms with Gasteiger partial charge in [-0.2, -0.15) is 5.10 Å². The second-order valence-corrected chi connectivity index (χ2v) is 9.43. The van der Waals surface area contributed by atoms with Gasteiger partial charge in [-0.25, -0.2) is 4.68 Å². The number of benzene rings is 2. The smallest absolute Gasteiger partial charge is 0.227 e. The molecule has 0 amide bonds. The predicted molar refractivity (Wildman–Crippen MR) is 137 cm³/mol. The van der Waals surface area contributed by atoms with Gasteiger partial charge in [0.25, 0.3) is 0 Å². The molecule has 35 heavy (non-hydrogen) atoms. The van der Waals surface area contributed by atoms with Crippen molar-refractivity contribution < 1.29 is 19.3 Å². The first-order valence-electron chi connectivity index (χ1n) is 12.1. The second-order valence-electron chi connectivity index (χ2n) is 8.99. The monoisotopic (exact) mass is 499 g/mol. The van der Waals surface area contributed by atoms with E-state index in [0.29, 0.717) is 48.9 Å². The number of aryl methyl sites for hydroxylation is 1. The Hall–Kier alpha value is -2.58. The lowest BCUT2D eigenvalue weighted by Crippen LogP contribution is -2.36. The number of halogens is 1. The Bertz CT molecular complexity index is 1100. The van der Waals surface area contributed by atoms with Crippen LogP contribution in [0.1, 0.15) is 31.0 Å². The van der Waals surface area contributed by atoms with Crippen molar-refractivity contribution in [2.75, 3.05) is 33.4 Å². The molecule has 2 aromatic carbocycles. The van der Waals surface area contributed by atoms with Crippen molar-refractivity contribution in [3.63, 3.8) is 0 Å². The second kappa shape index (κ2) is 11.9. The number of aliphatic hydroxyl groups excluding tert-OH is 1. The molecule has 1 atom stereocenters. The molecule has 8 heteroatoms. The molecule has 1 saturated carbocycles. The van der Waals surface area contributed by atoms with Gasteiger partial charge in [0.15, 0.2) is 0 Å². The summed E-state index contributed by atoms with van der Waals surface area (Å²) in [5.74, 6) is 2.75. The van der Waals surface area contributed by atoms with Crippen molar-refractivity contribution in [2.24, 2.45) is 5.92 Å². The largest absolute Gasteiger partial charge is 0.497 e. The maximum atomic E-state index is 10.6. The zero-order chi connectivity index (χ0) is 24.8. The molecule has 188 valence electrons. The van der Waals surface area contributed by atoms with Crippen LogP contribution in [0, 0.1) is 12.8 Å². The van der Waals surface area contributed by atoms with Gasteiger partial charge < -0.3 is 19.3 Å². The highest BCUT2D eigenvalue weighted by Crippen LogP contribution is 2.35. The third-order valence-electron chi connectivity index (χ3n) is 6.04. The molecular formula is C27H34ClN3O4. The summed E-state index contributed by atoms with van der Waals surface area (Å²) in [7, 11) is 1.64. The average molecular weight is 500 g/mol. The maximum Gasteiger partial charge on any atom is 0.227 e. The highest BCUT2D eigenvalue weighted by molar-refractivity contribution is 6.30. The third-order valence-corrected chi connectivity index (χ3v) is 6.28. The zero-order valence-electron chi connectivity index (χ0n) is 20.6. The molecule has 0 bridgehead atoms. The van der Waals surface area contributed by atoms with E-state index in [2.05, 4.69) is 4.90 Å². The van der Waals surface area contributed by atoms with Gasteiger partial charge in [-0.15, -0.1) is 0 Å². The van der Waals surface area contributed by atoms with Crippen molar-refractivity contribution in [3.8, 4) is 23.1 Å². The van der Waals surface area contributed by atoms with Crippen molar-refractivity contribution in [2.45, 2.75) is 39.3 Å². The van der Waals surface area contributed by atoms with Crippen LogP contribution in [-0.2, 0) is 11.3 Å². The van der Waals surface area contributed by atoms with Crippen LogP contribution in [0.3, 0.4) is 0 Å². The van der Waals surface area contributed by atoms with Crippen molar-refractivity contribution in [1.82, 2.24) is 14.7 Å². The molecule has 0 radical (unpaired) electrons. The first kappa shape index (κ1) is 25.5. The van der Waals surface area contributed by atoms with Crippen LogP contribution in [0.5, 0.6) is 17.4 Å². The number of ether oxygens (including phenoxy) is 3. The molecule has 7 nitrogen and oxygen atoms in total. The van der Waals surface area contributed by atoms with E-state index in [4.69, 9.17) is 30.9 Å². The Morgan fingerprint density at radius 3 is 2.57 bits per heavy atom. The standard InChI is InChI=1S/C27H34ClN3O4/c1-4-34-18-23(32)16-30(15-20-8-9-20)17-26-19(2)29-31(22-7-5-6-21(28)14-22)27(26)35-25-12-10-24(33-3)11-13-25/h5-7,10-14,20,23,32H,4,8-9,15-18H2,1-3H3. The zero-order valence-corrected chi connectivity index (χ0v) is 21.4. The van der Waals surface area contributed by atoms with Gasteiger partial charge in [0.05, 0.1) is 36.8 Å². The molecule has 1 aliphatic rings. The van der Waals surface area contributed by atoms with E-state index >= 15 is 0 Å². The van der Waals surface area contributed by atoms with Crippen LogP contribution in [0.15, 0.2) is 48.5 Å². The fourth-order valence-electron chi connectivity index (χ4n) is 4.06. The summed E-state index contributed by atoms with van der Waals surface area (Å²) < 4.78 is 19.0. The van der Waals surface area contributed by atoms with Crippen LogP contribution in [0.2, 0.25) is 5.02 Å². The minimum absolute atomic E-state index is 0.327. The fraction of sp³-hybridized carbons (Fsp3) is 0.444. The number of hydrogen-bond donors (Lipinski definition) is 1. The van der Waals surface area contributed by atoms with E-state index in [9.17, 15) is 5.11 Å². The van der Waals surface area contributed by atoms with E-state index in [0.717, 1.165) is 29.2 Å². The lowest BCUT2D eigenvalue weighted by Gasteiger charge is -2.25. The lowest BCUT2D eigenvalue weighted by molar-refractivity contribution is 0.0186. The third kappa shape index (κ3) is 6.98. The molecule has 0 aliphatic heterocycles. The predicted octanol–water partition coefficient (Wildman–Crippen LogP) is 5.24. The van der Waals surface area contributed by atoms with Crippen molar-refractivity contribution >= 4 is 11.6 Å². The molecule has 3 aromatic rings. The van der Waals surface area contributed by atoms with Crippen molar-refractivity contribution in [1.29, 1.82) is 0 Å². The maximum absolute atomic E-state index is 10.6. The van der Waals surface area contributed by atoms with E-state index < -0.39 is 6.10 Å². The fourth-order valence-corrected chi connectivity index (χ4v) is 4.25. The topological polar surface area (TPSA) is 69.0 Å². The lowest BCUT2D eigenvalue weighted by atomic mass is 10.2. The molecule has 1 N–H and O–H groups in total. The summed E-state index contributed by atoms with van der Waals surface area (Å²) >= 11 is 6.29. The number of nitrogens with zero attached hydrogens (tertiary/aromatic N) is 3. The average Bonchev–Trinajstić information content (AvgIpc) is 3.62. The first-order valence-corrected chi connectivity index (χ1v) is 12.5. The Morgan fingerprint density at radius 2 is 1.91 bits per heavy atom. The number of hydrogen-bond acceptors (Lipinski definition) is 6. The number of aliphatic hydroxyl groups is 1. The van der Waals surface area contributed by atoms with Crippen LogP contribution in [-0.4, -0.2) is 59.3 Å². The summed E-state index contributed by atoms with van der Waals surface area (Å²) in [6, 6.07) is 15.0. The molecule has 1 heterocycles. The van der Waals surface area contributed by atoms with Gasteiger partial charge in [0.1, 0.15) is 11.5 Å². The number of methoxy groups -OCH3 is 1. The van der Waals surface area contributed by atoms with Crippen LogP contribution < -0.4 is 9.47 Å². The van der Waals surface area contributed by atoms with Crippen LogP contribution in [0.25, 0.3) is 5.69 Å². The normalized spacial score (nSPS) is 14.3. The van der Waals surface area contributed by atoms with E-state index in [1.165, 1.54) is 12.8 Å². The van der Waals surface area contributed by atoms with E-state index in [1.54, 1.807) is 11.8 Å². The van der Waals surface area contributed by atoms with Gasteiger partial charge in [0, 0.05) is 31.3 Å². The Morgan fingerprint density at radius 1 is 1.17 bits per heavy atom. The molecule has 0 spiro atoms. The van der Waals surface area contributed by atoms with Gasteiger partial charge in [0.2, 0.25) is 5.88 Å². The summed E-state index contributed by atoms with van der Waals surface area (Å²) in [6.07, 6.45) is 1.91. The van der Waals surface area contributed by atoms with E-state index in [-0.39, 0.29) is 0 Å². The van der Waals surface area contributed by atoms with Crippen LogP contribution >= 0.6 is 11.6 Å². The summed E-state index contributed by atoms with van der Waals surface area (Å²) in [6.45, 7) is 6.90. The minimum atomic E-state index is -0.553. The molecule has 1 unspecified atom stereocenters. The molecule has 1 fully saturated rings. The summed E-state index contributed by atoms with van der Waals surface area (Å²) in [5, 5.41) is 16.0. The minimum Gasteiger partial charge on any atom is -0.497 e. The summed E-state index contributed by atoms with van der Waals surface area (Å²) in [4.78, 5) is 2.29. The molecule has 1 aromatic heterocycles. The Labute approximate surface area is 212 Å². The van der Waals surface area contributed by atoms with Gasteiger partial charge in [-0.05, 0) is 75.1 Å². The summed E-state index contributed by atoms with van der Waals surface area (Å²) in [5.41, 5.74) is 2.67. The van der Waals surface area contributed by atoms with Crippen molar-refractivity contribution in [3.05, 3.63) is 64.8 Å².